The molecule has 0 saturated heterocycles. The van der Waals surface area contributed by atoms with E-state index in [4.69, 9.17) is 10.5 Å². The summed E-state index contributed by atoms with van der Waals surface area (Å²) in [5.74, 6) is -0.149. The van der Waals surface area contributed by atoms with Gasteiger partial charge in [0.05, 0.1) is 12.6 Å². The molecule has 1 amide bonds. The van der Waals surface area contributed by atoms with Crippen LogP contribution in [-0.4, -0.2) is 25.7 Å². The number of benzene rings is 1. The molecule has 2 atom stereocenters. The summed E-state index contributed by atoms with van der Waals surface area (Å²) in [5, 5.41) is 2.96. The summed E-state index contributed by atoms with van der Waals surface area (Å²) in [6, 6.07) is 8.81. The Kier molecular flexibility index (Phi) is 10.1. The van der Waals surface area contributed by atoms with E-state index in [2.05, 4.69) is 12.2 Å². The zero-order valence-corrected chi connectivity index (χ0v) is 13.0. The highest BCUT2D eigenvalue weighted by molar-refractivity contribution is 5.85. The molecule has 1 aromatic carbocycles. The van der Waals surface area contributed by atoms with E-state index in [9.17, 15) is 4.79 Å². The van der Waals surface area contributed by atoms with E-state index in [1.807, 2.05) is 30.3 Å². The molecular weight excluding hydrogens is 276 g/mol. The van der Waals surface area contributed by atoms with Crippen LogP contribution >= 0.6 is 12.4 Å². The molecule has 20 heavy (non-hydrogen) atoms. The maximum atomic E-state index is 12.1. The largest absolute Gasteiger partial charge is 0.383 e. The molecular formula is C15H25ClN2O2. The van der Waals surface area contributed by atoms with Gasteiger partial charge in [-0.15, -0.1) is 12.4 Å². The third-order valence-electron chi connectivity index (χ3n) is 3.06. The van der Waals surface area contributed by atoms with Crippen LogP contribution in [0.5, 0.6) is 0 Å². The van der Waals surface area contributed by atoms with Crippen molar-refractivity contribution < 1.29 is 9.53 Å². The number of nitrogens with one attached hydrogen (secondary N) is 1. The topological polar surface area (TPSA) is 64.3 Å². The summed E-state index contributed by atoms with van der Waals surface area (Å²) in [6.07, 6.45) is 3.08. The third kappa shape index (κ3) is 6.37. The Morgan fingerprint density at radius 3 is 2.55 bits per heavy atom. The number of rotatable bonds is 8. The number of unbranched alkanes of at least 4 members (excludes halogenated alkanes) is 1. The fraction of sp³-hybridized carbons (Fsp3) is 0.533. The number of carbonyl (C=O) groups excluding carboxylic acids is 1. The van der Waals surface area contributed by atoms with E-state index in [-0.39, 0.29) is 24.4 Å². The smallest absolute Gasteiger partial charge is 0.241 e. The fourth-order valence-electron chi connectivity index (χ4n) is 1.95. The molecule has 0 aliphatic carbocycles. The van der Waals surface area contributed by atoms with Crippen LogP contribution in [0.2, 0.25) is 0 Å². The van der Waals surface area contributed by atoms with Crippen LogP contribution in [0.25, 0.3) is 0 Å². The van der Waals surface area contributed by atoms with E-state index in [1.165, 1.54) is 0 Å². The minimum atomic E-state index is -0.623. The molecule has 0 aromatic heterocycles. The molecule has 1 aromatic rings. The molecule has 0 bridgehead atoms. The van der Waals surface area contributed by atoms with E-state index >= 15 is 0 Å². The van der Waals surface area contributed by atoms with Crippen molar-refractivity contribution in [3.8, 4) is 0 Å². The lowest BCUT2D eigenvalue weighted by Gasteiger charge is -2.20. The van der Waals surface area contributed by atoms with Gasteiger partial charge in [-0.1, -0.05) is 50.1 Å². The first kappa shape index (κ1) is 18.9. The number of hydrogen-bond acceptors (Lipinski definition) is 3. The molecule has 0 spiro atoms. The molecule has 1 rings (SSSR count). The summed E-state index contributed by atoms with van der Waals surface area (Å²) in [7, 11) is 1.64. The van der Waals surface area contributed by atoms with Gasteiger partial charge >= 0.3 is 0 Å². The van der Waals surface area contributed by atoms with Gasteiger partial charge in [0.2, 0.25) is 5.91 Å². The molecule has 0 heterocycles. The van der Waals surface area contributed by atoms with Crippen molar-refractivity contribution in [2.45, 2.75) is 38.3 Å². The lowest BCUT2D eigenvalue weighted by Crippen LogP contribution is -2.43. The monoisotopic (exact) mass is 300 g/mol. The Morgan fingerprint density at radius 1 is 1.35 bits per heavy atom. The lowest BCUT2D eigenvalue weighted by atomic mass is 10.1. The van der Waals surface area contributed by atoms with Crippen LogP contribution in [0.3, 0.4) is 0 Å². The lowest BCUT2D eigenvalue weighted by molar-refractivity contribution is -0.123. The Hall–Kier alpha value is -1.10. The number of halogens is 1. The van der Waals surface area contributed by atoms with Gasteiger partial charge < -0.3 is 15.8 Å². The second-order valence-corrected chi connectivity index (χ2v) is 4.69. The Bertz CT molecular complexity index is 373. The SMILES string of the molecule is CCCCC(COC)NC(=O)C(N)c1ccccc1.Cl. The molecule has 5 heteroatoms. The number of amides is 1. The van der Waals surface area contributed by atoms with Gasteiger partial charge in [-0.2, -0.15) is 0 Å². The molecule has 3 N–H and O–H groups in total. The highest BCUT2D eigenvalue weighted by atomic mass is 35.5. The summed E-state index contributed by atoms with van der Waals surface area (Å²) < 4.78 is 5.13. The second-order valence-electron chi connectivity index (χ2n) is 4.69. The van der Waals surface area contributed by atoms with Crippen LogP contribution in [-0.2, 0) is 9.53 Å². The Morgan fingerprint density at radius 2 is 2.00 bits per heavy atom. The first-order chi connectivity index (χ1) is 9.19. The number of methoxy groups -OCH3 is 1. The molecule has 0 fully saturated rings. The van der Waals surface area contributed by atoms with E-state index in [1.54, 1.807) is 7.11 Å². The zero-order chi connectivity index (χ0) is 14.1. The van der Waals surface area contributed by atoms with Gasteiger partial charge in [-0.25, -0.2) is 0 Å². The van der Waals surface area contributed by atoms with Crippen LogP contribution in [0.15, 0.2) is 30.3 Å². The maximum absolute atomic E-state index is 12.1. The number of carbonyl (C=O) groups is 1. The third-order valence-corrected chi connectivity index (χ3v) is 3.06. The van der Waals surface area contributed by atoms with Crippen molar-refractivity contribution in [2.75, 3.05) is 13.7 Å². The molecule has 0 aliphatic rings. The number of nitrogens with two attached hydrogens (primary N) is 1. The molecule has 0 radical (unpaired) electrons. The second kappa shape index (κ2) is 10.7. The van der Waals surface area contributed by atoms with Crippen LogP contribution in [0, 0.1) is 0 Å². The predicted molar refractivity (Wildman–Crippen MR) is 84.0 cm³/mol. The zero-order valence-electron chi connectivity index (χ0n) is 12.2. The highest BCUT2D eigenvalue weighted by Crippen LogP contribution is 2.10. The van der Waals surface area contributed by atoms with Crippen molar-refractivity contribution in [1.82, 2.24) is 5.32 Å². The van der Waals surface area contributed by atoms with Crippen molar-refractivity contribution in [1.29, 1.82) is 0 Å². The minimum Gasteiger partial charge on any atom is -0.383 e. The highest BCUT2D eigenvalue weighted by Gasteiger charge is 2.19. The van der Waals surface area contributed by atoms with Crippen molar-refractivity contribution in [2.24, 2.45) is 5.73 Å². The number of hydrogen-bond donors (Lipinski definition) is 2. The molecule has 0 saturated carbocycles. The van der Waals surface area contributed by atoms with Gasteiger partial charge in [0.1, 0.15) is 6.04 Å². The van der Waals surface area contributed by atoms with Crippen molar-refractivity contribution in [3.05, 3.63) is 35.9 Å². The van der Waals surface area contributed by atoms with Crippen molar-refractivity contribution in [3.63, 3.8) is 0 Å². The van der Waals surface area contributed by atoms with Gasteiger partial charge in [0.25, 0.3) is 0 Å². The van der Waals surface area contributed by atoms with E-state index < -0.39 is 6.04 Å². The Balaban J connectivity index is 0.00000361. The number of ether oxygens (including phenoxy) is 1. The van der Waals surface area contributed by atoms with Gasteiger partial charge in [0.15, 0.2) is 0 Å². The van der Waals surface area contributed by atoms with Crippen LogP contribution in [0.4, 0.5) is 0 Å². The van der Waals surface area contributed by atoms with Crippen LogP contribution < -0.4 is 11.1 Å². The van der Waals surface area contributed by atoms with Gasteiger partial charge in [0, 0.05) is 7.11 Å². The standard InChI is InChI=1S/C15H24N2O2.ClH/c1-3-4-10-13(11-19-2)17-15(18)14(16)12-8-6-5-7-9-12;/h5-9,13-14H,3-4,10-11,16H2,1-2H3,(H,17,18);1H. The molecule has 2 unspecified atom stereocenters. The summed E-state index contributed by atoms with van der Waals surface area (Å²) in [6.45, 7) is 2.65. The van der Waals surface area contributed by atoms with E-state index in [0.29, 0.717) is 6.61 Å². The summed E-state index contributed by atoms with van der Waals surface area (Å²) in [5.41, 5.74) is 6.78. The maximum Gasteiger partial charge on any atom is 0.241 e. The average molecular weight is 301 g/mol. The quantitative estimate of drug-likeness (QED) is 0.775. The summed E-state index contributed by atoms with van der Waals surface area (Å²) >= 11 is 0. The minimum absolute atomic E-state index is 0. The first-order valence-corrected chi connectivity index (χ1v) is 6.78. The molecule has 0 aliphatic heterocycles. The van der Waals surface area contributed by atoms with Crippen molar-refractivity contribution >= 4 is 18.3 Å². The molecule has 4 nitrogen and oxygen atoms in total. The normalized spacial score (nSPS) is 13.2. The summed E-state index contributed by atoms with van der Waals surface area (Å²) in [4.78, 5) is 12.1. The first-order valence-electron chi connectivity index (χ1n) is 6.78. The van der Waals surface area contributed by atoms with Gasteiger partial charge in [-0.3, -0.25) is 4.79 Å². The molecule has 114 valence electrons. The average Bonchev–Trinajstić information content (AvgIpc) is 2.45. The van der Waals surface area contributed by atoms with Crippen LogP contribution in [0.1, 0.15) is 37.8 Å². The van der Waals surface area contributed by atoms with Gasteiger partial charge in [-0.05, 0) is 12.0 Å². The van der Waals surface area contributed by atoms with E-state index in [0.717, 1.165) is 24.8 Å². The Labute approximate surface area is 127 Å². The predicted octanol–water partition coefficient (Wildman–Crippen LogP) is 2.43. The fourth-order valence-corrected chi connectivity index (χ4v) is 1.95.